The minimum absolute atomic E-state index is 0.710. The summed E-state index contributed by atoms with van der Waals surface area (Å²) in [6.45, 7) is 2.07. The molecule has 5 aromatic rings. The molecule has 0 spiro atoms. The van der Waals surface area contributed by atoms with Gasteiger partial charge in [0.2, 0.25) is 0 Å². The van der Waals surface area contributed by atoms with Gasteiger partial charge >= 0.3 is 0 Å². The molecule has 0 atom stereocenters. The van der Waals surface area contributed by atoms with Gasteiger partial charge in [-0.2, -0.15) is 0 Å². The molecule has 0 fully saturated rings. The number of halogens is 1. The molecule has 0 aliphatic rings. The fourth-order valence-corrected chi connectivity index (χ4v) is 4.00. The predicted molar refractivity (Wildman–Crippen MR) is 120 cm³/mol. The van der Waals surface area contributed by atoms with Gasteiger partial charge in [-0.1, -0.05) is 11.6 Å². The molecule has 0 saturated heterocycles. The summed E-state index contributed by atoms with van der Waals surface area (Å²) in [7, 11) is 0. The van der Waals surface area contributed by atoms with Crippen molar-refractivity contribution in [3.05, 3.63) is 76.9 Å². The lowest BCUT2D eigenvalue weighted by molar-refractivity contribution is 1.30. The van der Waals surface area contributed by atoms with Gasteiger partial charge in [-0.25, -0.2) is 9.97 Å². The first-order valence-corrected chi connectivity index (χ1v) is 10.3. The minimum atomic E-state index is 0.710. The van der Waals surface area contributed by atoms with E-state index in [0.29, 0.717) is 5.02 Å². The molecule has 0 aliphatic carbocycles. The monoisotopic (exact) mass is 417 g/mol. The van der Waals surface area contributed by atoms with Crippen molar-refractivity contribution >= 4 is 44.8 Å². The summed E-state index contributed by atoms with van der Waals surface area (Å²) in [5.41, 5.74) is 6.90. The topological polar surface area (TPSA) is 66.5 Å². The van der Waals surface area contributed by atoms with E-state index in [-0.39, 0.29) is 0 Å². The molecule has 0 unspecified atom stereocenters. The van der Waals surface area contributed by atoms with Crippen molar-refractivity contribution in [2.45, 2.75) is 6.92 Å². The Bertz CT molecular complexity index is 1290. The van der Waals surface area contributed by atoms with Crippen LogP contribution in [-0.2, 0) is 0 Å². The number of aromatic nitrogens is 4. The second-order valence-corrected chi connectivity index (χ2v) is 7.98. The van der Waals surface area contributed by atoms with Crippen molar-refractivity contribution in [2.75, 3.05) is 5.32 Å². The average molecular weight is 418 g/mol. The largest absolute Gasteiger partial charge is 0.338 e. The lowest BCUT2D eigenvalue weighted by atomic mass is 10.2. The highest BCUT2D eigenvalue weighted by atomic mass is 35.5. The molecule has 0 saturated carbocycles. The van der Waals surface area contributed by atoms with E-state index in [2.05, 4.69) is 33.3 Å². The molecule has 0 aliphatic heterocycles. The Morgan fingerprint density at radius 1 is 1.03 bits per heavy atom. The molecule has 142 valence electrons. The van der Waals surface area contributed by atoms with Crippen molar-refractivity contribution < 1.29 is 0 Å². The minimum Gasteiger partial charge on any atom is -0.338 e. The number of nitrogens with zero attached hydrogens (tertiary/aromatic N) is 3. The number of pyridine rings is 1. The van der Waals surface area contributed by atoms with Crippen molar-refractivity contribution in [3.63, 3.8) is 0 Å². The lowest BCUT2D eigenvalue weighted by Gasteiger charge is -2.06. The van der Waals surface area contributed by atoms with Gasteiger partial charge in [0.1, 0.15) is 5.82 Å². The molecule has 29 heavy (non-hydrogen) atoms. The number of aromatic amines is 1. The Morgan fingerprint density at radius 2 is 1.90 bits per heavy atom. The van der Waals surface area contributed by atoms with Crippen LogP contribution in [0, 0.1) is 6.92 Å². The number of H-pyrrole nitrogens is 1. The van der Waals surface area contributed by atoms with Crippen molar-refractivity contribution in [1.29, 1.82) is 0 Å². The average Bonchev–Trinajstić information content (AvgIpc) is 3.36. The van der Waals surface area contributed by atoms with Crippen LogP contribution in [0.1, 0.15) is 5.56 Å². The second-order valence-electron chi connectivity index (χ2n) is 6.68. The molecule has 2 N–H and O–H groups in total. The Hall–Kier alpha value is -3.22. The van der Waals surface area contributed by atoms with Crippen LogP contribution in [0.15, 0.2) is 66.3 Å². The normalized spacial score (nSPS) is 11.1. The molecule has 2 aromatic carbocycles. The van der Waals surface area contributed by atoms with Gasteiger partial charge in [0.15, 0.2) is 5.13 Å². The van der Waals surface area contributed by atoms with Crippen LogP contribution in [0.3, 0.4) is 0 Å². The molecule has 3 aromatic heterocycles. The van der Waals surface area contributed by atoms with Crippen LogP contribution in [0.2, 0.25) is 5.02 Å². The summed E-state index contributed by atoms with van der Waals surface area (Å²) in [6.07, 6.45) is 3.58. The molecule has 5 rings (SSSR count). The van der Waals surface area contributed by atoms with Crippen LogP contribution in [0.25, 0.3) is 33.7 Å². The van der Waals surface area contributed by atoms with E-state index in [4.69, 9.17) is 16.6 Å². The van der Waals surface area contributed by atoms with E-state index >= 15 is 0 Å². The Balaban J connectivity index is 1.45. The Morgan fingerprint density at radius 3 is 2.69 bits per heavy atom. The number of fused-ring (bicyclic) bond motifs is 1. The standard InChI is InChI=1S/C22H16ClN5S/c1-13-9-18-19(26-21(25-18)14-4-6-16(23)7-5-14)10-17(13)27-22-28-20(12-29-22)15-3-2-8-24-11-15/h2-12H,1H3,(H,25,26)(H,27,28). The number of hydrogen-bond acceptors (Lipinski definition) is 5. The number of nitrogens with one attached hydrogen (secondary N) is 2. The molecule has 3 heterocycles. The van der Waals surface area contributed by atoms with Gasteiger partial charge in [-0.3, -0.25) is 4.98 Å². The third-order valence-corrected chi connectivity index (χ3v) is 5.66. The third-order valence-electron chi connectivity index (χ3n) is 4.65. The number of anilines is 2. The van der Waals surface area contributed by atoms with Gasteiger partial charge in [0.05, 0.1) is 16.7 Å². The maximum Gasteiger partial charge on any atom is 0.187 e. The zero-order valence-electron chi connectivity index (χ0n) is 15.5. The van der Waals surface area contributed by atoms with Crippen molar-refractivity contribution in [3.8, 4) is 22.6 Å². The van der Waals surface area contributed by atoms with Gasteiger partial charge in [0, 0.05) is 39.6 Å². The highest BCUT2D eigenvalue weighted by Crippen LogP contribution is 2.31. The number of thiazole rings is 1. The van der Waals surface area contributed by atoms with Crippen LogP contribution in [0.4, 0.5) is 10.8 Å². The zero-order chi connectivity index (χ0) is 19.8. The number of hydrogen-bond donors (Lipinski definition) is 2. The number of imidazole rings is 1. The van der Waals surface area contributed by atoms with E-state index < -0.39 is 0 Å². The molecular weight excluding hydrogens is 402 g/mol. The van der Waals surface area contributed by atoms with Crippen molar-refractivity contribution in [1.82, 2.24) is 19.9 Å². The van der Waals surface area contributed by atoms with Crippen LogP contribution < -0.4 is 5.32 Å². The molecule has 5 nitrogen and oxygen atoms in total. The van der Waals surface area contributed by atoms with E-state index in [1.165, 1.54) is 0 Å². The summed E-state index contributed by atoms with van der Waals surface area (Å²) in [5, 5.41) is 7.00. The number of aryl methyl sites for hydroxylation is 1. The van der Waals surface area contributed by atoms with Crippen LogP contribution in [0.5, 0.6) is 0 Å². The first-order valence-electron chi connectivity index (χ1n) is 9.05. The summed E-state index contributed by atoms with van der Waals surface area (Å²) in [6, 6.07) is 15.7. The van der Waals surface area contributed by atoms with Gasteiger partial charge in [-0.05, 0) is 61.0 Å². The number of rotatable bonds is 4. The maximum absolute atomic E-state index is 5.99. The quantitative estimate of drug-likeness (QED) is 0.352. The first kappa shape index (κ1) is 17.8. The van der Waals surface area contributed by atoms with Gasteiger partial charge in [-0.15, -0.1) is 11.3 Å². The molecule has 0 amide bonds. The highest BCUT2D eigenvalue weighted by Gasteiger charge is 2.11. The Labute approximate surface area is 176 Å². The molecular formula is C22H16ClN5S. The summed E-state index contributed by atoms with van der Waals surface area (Å²) >= 11 is 7.56. The fraction of sp³-hybridized carbons (Fsp3) is 0.0455. The third kappa shape index (κ3) is 3.60. The maximum atomic E-state index is 5.99. The second kappa shape index (κ2) is 7.31. The SMILES string of the molecule is Cc1cc2[nH]c(-c3ccc(Cl)cc3)nc2cc1Nc1nc(-c2cccnc2)cs1. The first-order chi connectivity index (χ1) is 14.2. The van der Waals surface area contributed by atoms with E-state index in [0.717, 1.165) is 50.1 Å². The van der Waals surface area contributed by atoms with E-state index in [1.807, 2.05) is 54.0 Å². The number of benzene rings is 2. The van der Waals surface area contributed by atoms with Gasteiger partial charge in [0.25, 0.3) is 0 Å². The van der Waals surface area contributed by atoms with Crippen LogP contribution >= 0.6 is 22.9 Å². The highest BCUT2D eigenvalue weighted by molar-refractivity contribution is 7.14. The predicted octanol–water partition coefficient (Wildman–Crippen LogP) is 6.45. The zero-order valence-corrected chi connectivity index (χ0v) is 17.1. The summed E-state index contributed by atoms with van der Waals surface area (Å²) in [4.78, 5) is 17.0. The molecule has 0 radical (unpaired) electrons. The Kier molecular flexibility index (Phi) is 4.50. The van der Waals surface area contributed by atoms with E-state index in [1.54, 1.807) is 17.5 Å². The molecule has 0 bridgehead atoms. The fourth-order valence-electron chi connectivity index (χ4n) is 3.14. The van der Waals surface area contributed by atoms with Crippen LogP contribution in [-0.4, -0.2) is 19.9 Å². The smallest absolute Gasteiger partial charge is 0.187 e. The summed E-state index contributed by atoms with van der Waals surface area (Å²) < 4.78 is 0. The summed E-state index contributed by atoms with van der Waals surface area (Å²) in [5.74, 6) is 0.821. The van der Waals surface area contributed by atoms with Crippen molar-refractivity contribution in [2.24, 2.45) is 0 Å². The van der Waals surface area contributed by atoms with E-state index in [9.17, 15) is 0 Å². The molecule has 7 heteroatoms. The lowest BCUT2D eigenvalue weighted by Crippen LogP contribution is -1.93. The van der Waals surface area contributed by atoms with Gasteiger partial charge < -0.3 is 10.3 Å².